The number of hydrogen-bond acceptors (Lipinski definition) is 2. The summed E-state index contributed by atoms with van der Waals surface area (Å²) in [6.45, 7) is 3.25. The maximum absolute atomic E-state index is 6.11. The van der Waals surface area contributed by atoms with Gasteiger partial charge in [-0.25, -0.2) is 0 Å². The quantitative estimate of drug-likeness (QED) is 0.838. The lowest BCUT2D eigenvalue weighted by molar-refractivity contribution is 0.337. The summed E-state index contributed by atoms with van der Waals surface area (Å²) in [5.74, 6) is 0.885. The second-order valence-corrected chi connectivity index (χ2v) is 4.86. The average molecular weight is 296 g/mol. The third-order valence-corrected chi connectivity index (χ3v) is 3.23. The molecule has 0 heterocycles. The van der Waals surface area contributed by atoms with Crippen LogP contribution in [0, 0.1) is 0 Å². The monoisotopic (exact) mass is 295 g/mol. The zero-order valence-electron chi connectivity index (χ0n) is 10.6. The van der Waals surface area contributed by atoms with Gasteiger partial charge in [0.05, 0.1) is 17.3 Å². The average Bonchev–Trinajstić information content (AvgIpc) is 2.42. The Morgan fingerprint density at radius 2 is 1.89 bits per heavy atom. The molecule has 100 valence electrons. The third-order valence-electron chi connectivity index (χ3n) is 2.67. The van der Waals surface area contributed by atoms with Crippen molar-refractivity contribution in [2.45, 2.75) is 13.5 Å². The predicted molar refractivity (Wildman–Crippen MR) is 81.4 cm³/mol. The van der Waals surface area contributed by atoms with Gasteiger partial charge in [0.2, 0.25) is 0 Å². The highest BCUT2D eigenvalue weighted by molar-refractivity contribution is 6.35. The van der Waals surface area contributed by atoms with Gasteiger partial charge in [0.15, 0.2) is 0 Å². The van der Waals surface area contributed by atoms with Crippen LogP contribution in [0.1, 0.15) is 12.5 Å². The molecule has 0 aromatic heterocycles. The molecule has 0 bridgehead atoms. The smallest absolute Gasteiger partial charge is 0.124 e. The zero-order chi connectivity index (χ0) is 13.7. The Labute approximate surface area is 123 Å². The van der Waals surface area contributed by atoms with Crippen molar-refractivity contribution >= 4 is 28.9 Å². The van der Waals surface area contributed by atoms with Crippen LogP contribution in [0.15, 0.2) is 42.5 Å². The Hall–Kier alpha value is -1.38. The highest BCUT2D eigenvalue weighted by Crippen LogP contribution is 2.27. The Bertz CT molecular complexity index is 558. The van der Waals surface area contributed by atoms with Crippen LogP contribution in [-0.2, 0) is 6.54 Å². The van der Waals surface area contributed by atoms with Crippen molar-refractivity contribution in [1.29, 1.82) is 0 Å². The maximum Gasteiger partial charge on any atom is 0.124 e. The van der Waals surface area contributed by atoms with Crippen LogP contribution in [0.2, 0.25) is 10.0 Å². The van der Waals surface area contributed by atoms with Crippen LogP contribution in [0.3, 0.4) is 0 Å². The molecule has 4 heteroatoms. The highest BCUT2D eigenvalue weighted by Gasteiger charge is 2.04. The van der Waals surface area contributed by atoms with Gasteiger partial charge in [0.1, 0.15) is 5.75 Å². The molecule has 2 nitrogen and oxygen atoms in total. The molecule has 0 radical (unpaired) electrons. The molecule has 0 aliphatic heterocycles. The summed E-state index contributed by atoms with van der Waals surface area (Å²) in [6, 6.07) is 13.3. The Morgan fingerprint density at radius 1 is 1.11 bits per heavy atom. The van der Waals surface area contributed by atoms with Crippen LogP contribution < -0.4 is 10.1 Å². The number of halogens is 2. The Morgan fingerprint density at radius 3 is 2.68 bits per heavy atom. The van der Waals surface area contributed by atoms with Crippen LogP contribution in [-0.4, -0.2) is 6.61 Å². The molecular formula is C15H15Cl2NO. The molecule has 0 spiro atoms. The first-order valence-electron chi connectivity index (χ1n) is 6.10. The molecular weight excluding hydrogens is 281 g/mol. The summed E-state index contributed by atoms with van der Waals surface area (Å²) < 4.78 is 5.58. The molecule has 1 N–H and O–H groups in total. The van der Waals surface area contributed by atoms with Gasteiger partial charge < -0.3 is 10.1 Å². The summed E-state index contributed by atoms with van der Waals surface area (Å²) >= 11 is 12.1. The molecule has 0 aliphatic rings. The van der Waals surface area contributed by atoms with E-state index < -0.39 is 0 Å². The lowest BCUT2D eigenvalue weighted by atomic mass is 10.2. The summed E-state index contributed by atoms with van der Waals surface area (Å²) in [5.41, 5.74) is 1.90. The minimum atomic E-state index is 0.635. The topological polar surface area (TPSA) is 21.3 Å². The largest absolute Gasteiger partial charge is 0.494 e. The van der Waals surface area contributed by atoms with Crippen molar-refractivity contribution in [1.82, 2.24) is 0 Å². The molecule has 0 saturated heterocycles. The van der Waals surface area contributed by atoms with Crippen molar-refractivity contribution in [2.24, 2.45) is 0 Å². The van der Waals surface area contributed by atoms with Crippen LogP contribution in [0.5, 0.6) is 5.75 Å². The minimum absolute atomic E-state index is 0.635. The summed E-state index contributed by atoms with van der Waals surface area (Å²) in [5, 5.41) is 4.58. The first-order chi connectivity index (χ1) is 9.20. The first-order valence-corrected chi connectivity index (χ1v) is 6.86. The van der Waals surface area contributed by atoms with Crippen molar-refractivity contribution in [3.05, 3.63) is 58.1 Å². The van der Waals surface area contributed by atoms with Gasteiger partial charge in [0, 0.05) is 17.1 Å². The lowest BCUT2D eigenvalue weighted by Gasteiger charge is -2.12. The summed E-state index contributed by atoms with van der Waals surface area (Å²) in [7, 11) is 0. The summed E-state index contributed by atoms with van der Waals surface area (Å²) in [6.07, 6.45) is 0. The van der Waals surface area contributed by atoms with Crippen molar-refractivity contribution in [3.63, 3.8) is 0 Å². The van der Waals surface area contributed by atoms with E-state index in [0.29, 0.717) is 23.2 Å². The van der Waals surface area contributed by atoms with Crippen LogP contribution in [0.25, 0.3) is 0 Å². The molecule has 2 rings (SSSR count). The van der Waals surface area contributed by atoms with Crippen molar-refractivity contribution in [3.8, 4) is 5.75 Å². The number of ether oxygens (including phenoxy) is 1. The van der Waals surface area contributed by atoms with Gasteiger partial charge in [-0.2, -0.15) is 0 Å². The maximum atomic E-state index is 6.11. The fourth-order valence-corrected chi connectivity index (χ4v) is 2.13. The van der Waals surface area contributed by atoms with Gasteiger partial charge in [-0.05, 0) is 31.2 Å². The number of hydrogen-bond donors (Lipinski definition) is 1. The van der Waals surface area contributed by atoms with E-state index in [4.69, 9.17) is 27.9 Å². The van der Waals surface area contributed by atoms with Crippen molar-refractivity contribution in [2.75, 3.05) is 11.9 Å². The van der Waals surface area contributed by atoms with E-state index in [0.717, 1.165) is 17.0 Å². The SMILES string of the molecule is CCOc1ccccc1CNc1cc(Cl)ccc1Cl. The number of para-hydroxylation sites is 1. The molecule has 0 amide bonds. The normalized spacial score (nSPS) is 10.3. The lowest BCUT2D eigenvalue weighted by Crippen LogP contribution is -2.03. The second kappa shape index (κ2) is 6.69. The number of rotatable bonds is 5. The Balaban J connectivity index is 2.12. The van der Waals surface area contributed by atoms with Crippen LogP contribution >= 0.6 is 23.2 Å². The standard InChI is InChI=1S/C15H15Cl2NO/c1-2-19-15-6-4-3-5-11(15)10-18-14-9-12(16)7-8-13(14)17/h3-9,18H,2,10H2,1H3. The minimum Gasteiger partial charge on any atom is -0.494 e. The summed E-state index contributed by atoms with van der Waals surface area (Å²) in [4.78, 5) is 0. The van der Waals surface area contributed by atoms with E-state index in [-0.39, 0.29) is 0 Å². The van der Waals surface area contributed by atoms with Gasteiger partial charge in [0.25, 0.3) is 0 Å². The van der Waals surface area contributed by atoms with Crippen molar-refractivity contribution < 1.29 is 4.74 Å². The van der Waals surface area contributed by atoms with Gasteiger partial charge in [-0.1, -0.05) is 41.4 Å². The van der Waals surface area contributed by atoms with Crippen LogP contribution in [0.4, 0.5) is 5.69 Å². The fraction of sp³-hybridized carbons (Fsp3) is 0.200. The number of nitrogens with one attached hydrogen (secondary N) is 1. The van der Waals surface area contributed by atoms with Gasteiger partial charge in [-0.3, -0.25) is 0 Å². The molecule has 2 aromatic carbocycles. The van der Waals surface area contributed by atoms with E-state index >= 15 is 0 Å². The molecule has 0 atom stereocenters. The molecule has 19 heavy (non-hydrogen) atoms. The Kier molecular flexibility index (Phi) is 4.94. The van der Waals surface area contributed by atoms with E-state index in [1.54, 1.807) is 12.1 Å². The number of benzene rings is 2. The number of anilines is 1. The first kappa shape index (κ1) is 14.0. The third kappa shape index (κ3) is 3.79. The van der Waals surface area contributed by atoms with E-state index in [1.165, 1.54) is 0 Å². The zero-order valence-corrected chi connectivity index (χ0v) is 12.1. The fourth-order valence-electron chi connectivity index (χ4n) is 1.77. The molecule has 0 unspecified atom stereocenters. The molecule has 0 aliphatic carbocycles. The molecule has 0 saturated carbocycles. The van der Waals surface area contributed by atoms with E-state index in [9.17, 15) is 0 Å². The van der Waals surface area contributed by atoms with Gasteiger partial charge in [-0.15, -0.1) is 0 Å². The van der Waals surface area contributed by atoms with E-state index in [2.05, 4.69) is 5.32 Å². The highest BCUT2D eigenvalue weighted by atomic mass is 35.5. The second-order valence-electron chi connectivity index (χ2n) is 4.02. The molecule has 0 fully saturated rings. The predicted octanol–water partition coefficient (Wildman–Crippen LogP) is 5.00. The van der Waals surface area contributed by atoms with E-state index in [1.807, 2.05) is 37.3 Å². The van der Waals surface area contributed by atoms with Gasteiger partial charge >= 0.3 is 0 Å². The molecule has 2 aromatic rings.